The molecule has 4 fully saturated rings. The number of hydrogen-bond acceptors (Lipinski definition) is 5. The molecule has 1 aliphatic heterocycles. The number of nitro groups is 1. The highest BCUT2D eigenvalue weighted by Gasteiger charge is 2.61. The van der Waals surface area contributed by atoms with Crippen molar-refractivity contribution in [3.05, 3.63) is 34.1 Å². The smallest absolute Gasteiger partial charge is 0.299 e. The number of fused-ring (bicyclic) bond motifs is 2. The van der Waals surface area contributed by atoms with Crippen LogP contribution in [0.3, 0.4) is 0 Å². The number of imide groups is 1. The van der Waals surface area contributed by atoms with Gasteiger partial charge < -0.3 is 0 Å². The van der Waals surface area contributed by atoms with Crippen molar-refractivity contribution in [1.29, 1.82) is 0 Å². The van der Waals surface area contributed by atoms with Gasteiger partial charge in [-0.1, -0.05) is 0 Å². The van der Waals surface area contributed by atoms with Crippen LogP contribution in [-0.2, 0) is 14.4 Å². The van der Waals surface area contributed by atoms with Crippen molar-refractivity contribution in [2.45, 2.75) is 19.3 Å². The third-order valence-corrected chi connectivity index (χ3v) is 5.45. The number of amides is 2. The quantitative estimate of drug-likeness (QED) is 0.467. The molecule has 3 saturated carbocycles. The highest BCUT2D eigenvalue weighted by Crippen LogP contribution is 2.52. The SMILES string of the molecule is O=C1C[C@@H]2CC[C@H]1[C@@H]1C(=O)N(c3ccc(F)c([N+](=O)[O-])c3)C(=O)[C@H]21. The third kappa shape index (κ3) is 1.85. The Labute approximate surface area is 135 Å². The molecule has 5 rings (SSSR count). The summed E-state index contributed by atoms with van der Waals surface area (Å²) in [6, 6.07) is 2.95. The maximum atomic E-state index is 13.5. The van der Waals surface area contributed by atoms with Crippen LogP contribution < -0.4 is 4.90 Å². The molecule has 0 aromatic heterocycles. The van der Waals surface area contributed by atoms with E-state index in [1.165, 1.54) is 6.07 Å². The molecule has 2 bridgehead atoms. The number of nitro benzene ring substituents is 1. The summed E-state index contributed by atoms with van der Waals surface area (Å²) in [5.41, 5.74) is -0.804. The molecule has 1 heterocycles. The summed E-state index contributed by atoms with van der Waals surface area (Å²) >= 11 is 0. The van der Waals surface area contributed by atoms with Gasteiger partial charge in [0.1, 0.15) is 5.78 Å². The first-order valence-corrected chi connectivity index (χ1v) is 7.74. The Kier molecular flexibility index (Phi) is 3.06. The zero-order valence-corrected chi connectivity index (χ0v) is 12.5. The van der Waals surface area contributed by atoms with Crippen molar-refractivity contribution in [2.24, 2.45) is 23.7 Å². The summed E-state index contributed by atoms with van der Waals surface area (Å²) in [5.74, 6) is -3.78. The summed E-state index contributed by atoms with van der Waals surface area (Å²) in [7, 11) is 0. The van der Waals surface area contributed by atoms with Crippen molar-refractivity contribution >= 4 is 29.0 Å². The zero-order chi connectivity index (χ0) is 17.2. The largest absolute Gasteiger partial charge is 0.306 e. The first-order chi connectivity index (χ1) is 11.4. The van der Waals surface area contributed by atoms with E-state index in [0.717, 1.165) is 23.5 Å². The molecule has 1 saturated heterocycles. The number of ketones is 1. The fraction of sp³-hybridized carbons (Fsp3) is 0.438. The van der Waals surface area contributed by atoms with E-state index in [-0.39, 0.29) is 17.4 Å². The molecule has 4 aliphatic rings. The highest BCUT2D eigenvalue weighted by molar-refractivity contribution is 6.23. The van der Waals surface area contributed by atoms with Crippen molar-refractivity contribution in [2.75, 3.05) is 4.90 Å². The first-order valence-electron chi connectivity index (χ1n) is 7.74. The van der Waals surface area contributed by atoms with Crippen LogP contribution in [0.1, 0.15) is 19.3 Å². The van der Waals surface area contributed by atoms with Crippen LogP contribution in [0.15, 0.2) is 18.2 Å². The number of hydrogen-bond donors (Lipinski definition) is 0. The minimum Gasteiger partial charge on any atom is -0.299 e. The van der Waals surface area contributed by atoms with Gasteiger partial charge in [0.05, 0.1) is 22.4 Å². The number of halogens is 1. The van der Waals surface area contributed by atoms with E-state index < -0.39 is 46.0 Å². The minimum absolute atomic E-state index is 0.0144. The molecule has 1 aromatic rings. The molecule has 0 radical (unpaired) electrons. The number of rotatable bonds is 2. The van der Waals surface area contributed by atoms with Crippen LogP contribution in [0, 0.1) is 39.6 Å². The van der Waals surface area contributed by atoms with Gasteiger partial charge in [0.25, 0.3) is 0 Å². The van der Waals surface area contributed by atoms with Crippen LogP contribution in [0.2, 0.25) is 0 Å². The van der Waals surface area contributed by atoms with E-state index in [1.807, 2.05) is 0 Å². The van der Waals surface area contributed by atoms with Crippen LogP contribution in [-0.4, -0.2) is 22.5 Å². The maximum absolute atomic E-state index is 13.5. The van der Waals surface area contributed by atoms with Crippen LogP contribution >= 0.6 is 0 Å². The topological polar surface area (TPSA) is 97.6 Å². The summed E-state index contributed by atoms with van der Waals surface area (Å²) in [6.07, 6.45) is 1.64. The fourth-order valence-electron chi connectivity index (χ4n) is 4.42. The van der Waals surface area contributed by atoms with Crippen LogP contribution in [0.5, 0.6) is 0 Å². The maximum Gasteiger partial charge on any atom is 0.306 e. The number of nitrogens with zero attached hydrogens (tertiary/aromatic N) is 2. The van der Waals surface area contributed by atoms with Gasteiger partial charge in [-0.2, -0.15) is 4.39 Å². The van der Waals surface area contributed by atoms with Crippen molar-refractivity contribution in [1.82, 2.24) is 0 Å². The molecule has 2 amide bonds. The van der Waals surface area contributed by atoms with E-state index in [9.17, 15) is 28.9 Å². The lowest BCUT2D eigenvalue weighted by Gasteiger charge is -2.41. The molecule has 8 heteroatoms. The van der Waals surface area contributed by atoms with Gasteiger partial charge in [-0.05, 0) is 30.9 Å². The number of carbonyl (C=O) groups excluding carboxylic acids is 3. The van der Waals surface area contributed by atoms with E-state index in [4.69, 9.17) is 0 Å². The van der Waals surface area contributed by atoms with E-state index in [0.29, 0.717) is 12.8 Å². The molecule has 124 valence electrons. The summed E-state index contributed by atoms with van der Waals surface area (Å²) in [4.78, 5) is 48.4. The van der Waals surface area contributed by atoms with Gasteiger partial charge in [0.15, 0.2) is 0 Å². The second kappa shape index (κ2) is 4.93. The normalized spacial score (nSPS) is 31.5. The number of anilines is 1. The summed E-state index contributed by atoms with van der Waals surface area (Å²) < 4.78 is 13.5. The lowest BCUT2D eigenvalue weighted by molar-refractivity contribution is -0.387. The molecule has 4 atom stereocenters. The molecular formula is C16H13FN2O5. The van der Waals surface area contributed by atoms with Crippen LogP contribution in [0.4, 0.5) is 15.8 Å². The average Bonchev–Trinajstić information content (AvgIpc) is 2.81. The van der Waals surface area contributed by atoms with Gasteiger partial charge in [0, 0.05) is 18.4 Å². The highest BCUT2D eigenvalue weighted by atomic mass is 19.1. The molecule has 0 spiro atoms. The Morgan fingerprint density at radius 2 is 1.83 bits per heavy atom. The summed E-state index contributed by atoms with van der Waals surface area (Å²) in [6.45, 7) is 0. The van der Waals surface area contributed by atoms with Gasteiger partial charge in [-0.15, -0.1) is 0 Å². The van der Waals surface area contributed by atoms with Crippen molar-refractivity contribution in [3.63, 3.8) is 0 Å². The zero-order valence-electron chi connectivity index (χ0n) is 12.5. The van der Waals surface area contributed by atoms with E-state index in [1.54, 1.807) is 0 Å². The third-order valence-electron chi connectivity index (χ3n) is 5.45. The average molecular weight is 332 g/mol. The predicted molar refractivity (Wildman–Crippen MR) is 78.4 cm³/mol. The fourth-order valence-corrected chi connectivity index (χ4v) is 4.42. The van der Waals surface area contributed by atoms with Gasteiger partial charge in [-0.25, -0.2) is 4.90 Å². The molecular weight excluding hydrogens is 319 g/mol. The molecule has 7 nitrogen and oxygen atoms in total. The lowest BCUT2D eigenvalue weighted by atomic mass is 9.59. The van der Waals surface area contributed by atoms with E-state index >= 15 is 0 Å². The second-order valence-electron chi connectivity index (χ2n) is 6.57. The Bertz CT molecular complexity index is 808. The number of Topliss-reactive ketones (excluding diaryl/α,β-unsaturated/α-hetero) is 1. The first kappa shape index (κ1) is 14.9. The standard InChI is InChI=1S/C16H13FN2O5/c17-10-4-2-8(6-11(10)19(23)24)18-15(21)13-7-1-3-9(12(20)5-7)14(13)16(18)22/h2,4,6-7,9,13-14H,1,3,5H2/t7-,9+,13+,14-/m0/s1. The predicted octanol–water partition coefficient (Wildman–Crippen LogP) is 1.84. The Morgan fingerprint density at radius 3 is 2.50 bits per heavy atom. The monoisotopic (exact) mass is 332 g/mol. The Morgan fingerprint density at radius 1 is 1.12 bits per heavy atom. The molecule has 24 heavy (non-hydrogen) atoms. The minimum atomic E-state index is -1.03. The Balaban J connectivity index is 1.77. The second-order valence-corrected chi connectivity index (χ2v) is 6.57. The van der Waals surface area contributed by atoms with Gasteiger partial charge >= 0.3 is 5.69 Å². The van der Waals surface area contributed by atoms with Crippen molar-refractivity contribution < 1.29 is 23.7 Å². The van der Waals surface area contributed by atoms with Gasteiger partial charge in [0.2, 0.25) is 17.6 Å². The van der Waals surface area contributed by atoms with E-state index in [2.05, 4.69) is 0 Å². The molecule has 0 N–H and O–H groups in total. The number of benzene rings is 1. The summed E-state index contributed by atoms with van der Waals surface area (Å²) in [5, 5.41) is 10.9. The van der Waals surface area contributed by atoms with Crippen molar-refractivity contribution in [3.8, 4) is 0 Å². The molecule has 3 aliphatic carbocycles. The Hall–Kier alpha value is -2.64. The molecule has 1 aromatic carbocycles. The van der Waals surface area contributed by atoms with Crippen LogP contribution in [0.25, 0.3) is 0 Å². The van der Waals surface area contributed by atoms with Gasteiger partial charge in [-0.3, -0.25) is 24.5 Å². The number of carbonyl (C=O) groups is 3. The lowest BCUT2D eigenvalue weighted by Crippen LogP contribution is -2.46. The molecule has 0 unspecified atom stereocenters.